The molecule has 0 unspecified atom stereocenters. The number of carbonyl (C=O) groups excluding carboxylic acids is 2. The number of esters is 1. The van der Waals surface area contributed by atoms with Gasteiger partial charge in [-0.2, -0.15) is 0 Å². The maximum Gasteiger partial charge on any atom is 0.331 e. The highest BCUT2D eigenvalue weighted by Gasteiger charge is 2.41. The highest BCUT2D eigenvalue weighted by atomic mass is 16.5. The van der Waals surface area contributed by atoms with Gasteiger partial charge in [-0.1, -0.05) is 19.3 Å². The van der Waals surface area contributed by atoms with Crippen molar-refractivity contribution in [3.63, 3.8) is 0 Å². The lowest BCUT2D eigenvalue weighted by Crippen LogP contribution is -2.56. The van der Waals surface area contributed by atoms with Gasteiger partial charge in [0.25, 0.3) is 5.56 Å². The summed E-state index contributed by atoms with van der Waals surface area (Å²) in [6, 6.07) is 3.26. The van der Waals surface area contributed by atoms with E-state index in [4.69, 9.17) is 14.2 Å². The molecule has 0 spiro atoms. The minimum Gasteiger partial charge on any atom is -0.493 e. The summed E-state index contributed by atoms with van der Waals surface area (Å²) < 4.78 is 16.9. The van der Waals surface area contributed by atoms with Crippen LogP contribution in [0.25, 0.3) is 10.9 Å². The van der Waals surface area contributed by atoms with E-state index in [0.717, 1.165) is 19.3 Å². The van der Waals surface area contributed by atoms with Crippen molar-refractivity contribution in [1.82, 2.24) is 14.9 Å². The Bertz CT molecular complexity index is 1010. The third kappa shape index (κ3) is 4.81. The fourth-order valence-electron chi connectivity index (χ4n) is 4.11. The van der Waals surface area contributed by atoms with Crippen LogP contribution in [-0.4, -0.2) is 48.3 Å². The third-order valence-electron chi connectivity index (χ3n) is 5.79. The van der Waals surface area contributed by atoms with Gasteiger partial charge in [0.1, 0.15) is 5.54 Å². The molecule has 2 aromatic rings. The topological polar surface area (TPSA) is 109 Å². The molecule has 1 aliphatic carbocycles. The van der Waals surface area contributed by atoms with Gasteiger partial charge in [-0.3, -0.25) is 14.2 Å². The summed E-state index contributed by atoms with van der Waals surface area (Å²) in [6.07, 6.45) is 6.06. The number of nitrogens with zero attached hydrogens (tertiary/aromatic N) is 2. The Labute approximate surface area is 180 Å². The summed E-state index contributed by atoms with van der Waals surface area (Å²) in [5, 5.41) is 3.31. The van der Waals surface area contributed by atoms with Gasteiger partial charge in [0.05, 0.1) is 38.6 Å². The van der Waals surface area contributed by atoms with Crippen molar-refractivity contribution in [2.45, 2.75) is 57.0 Å². The number of aryl methyl sites for hydroxylation is 1. The Balaban J connectivity index is 1.67. The first-order valence-corrected chi connectivity index (χ1v) is 10.4. The fraction of sp³-hybridized carbons (Fsp3) is 0.545. The summed E-state index contributed by atoms with van der Waals surface area (Å²) in [7, 11) is 4.37. The van der Waals surface area contributed by atoms with E-state index in [2.05, 4.69) is 10.3 Å². The molecule has 1 heterocycles. The largest absolute Gasteiger partial charge is 0.493 e. The molecule has 9 nitrogen and oxygen atoms in total. The van der Waals surface area contributed by atoms with Crippen LogP contribution in [-0.2, 0) is 20.9 Å². The summed E-state index contributed by atoms with van der Waals surface area (Å²) >= 11 is 0. The smallest absolute Gasteiger partial charge is 0.331 e. The van der Waals surface area contributed by atoms with Crippen LogP contribution in [0, 0.1) is 0 Å². The number of fused-ring (bicyclic) bond motifs is 1. The zero-order valence-corrected chi connectivity index (χ0v) is 18.2. The number of ether oxygens (including phenoxy) is 3. The molecule has 1 aliphatic rings. The SMILES string of the molecule is COC(=O)C1(NC(=O)CCCn2cnc3cc(OC)c(OC)cc3c2=O)CCCCC1. The molecule has 0 radical (unpaired) electrons. The Hall–Kier alpha value is -3.10. The van der Waals surface area contributed by atoms with Gasteiger partial charge >= 0.3 is 5.97 Å². The summed E-state index contributed by atoms with van der Waals surface area (Å²) in [4.78, 5) is 42.0. The monoisotopic (exact) mass is 431 g/mol. The number of hydrogen-bond donors (Lipinski definition) is 1. The average molecular weight is 431 g/mol. The molecule has 3 rings (SSSR count). The van der Waals surface area contributed by atoms with Gasteiger partial charge in [-0.25, -0.2) is 9.78 Å². The molecular weight excluding hydrogens is 402 g/mol. The van der Waals surface area contributed by atoms with Crippen LogP contribution in [0.1, 0.15) is 44.9 Å². The van der Waals surface area contributed by atoms with E-state index in [1.165, 1.54) is 32.2 Å². The molecule has 1 saturated carbocycles. The van der Waals surface area contributed by atoms with Crippen LogP contribution in [0.4, 0.5) is 0 Å². The zero-order valence-electron chi connectivity index (χ0n) is 18.2. The van der Waals surface area contributed by atoms with Gasteiger partial charge < -0.3 is 19.5 Å². The second kappa shape index (κ2) is 9.80. The molecule has 1 aromatic heterocycles. The Morgan fingerprint density at radius 2 is 1.77 bits per heavy atom. The van der Waals surface area contributed by atoms with Crippen molar-refractivity contribution in [2.75, 3.05) is 21.3 Å². The lowest BCUT2D eigenvalue weighted by atomic mass is 9.81. The van der Waals surface area contributed by atoms with Crippen molar-refractivity contribution in [3.8, 4) is 11.5 Å². The van der Waals surface area contributed by atoms with Gasteiger partial charge in [0.15, 0.2) is 11.5 Å². The van der Waals surface area contributed by atoms with Gasteiger partial charge in [-0.15, -0.1) is 0 Å². The van der Waals surface area contributed by atoms with E-state index < -0.39 is 5.54 Å². The number of nitrogens with one attached hydrogen (secondary N) is 1. The second-order valence-corrected chi connectivity index (χ2v) is 7.75. The summed E-state index contributed by atoms with van der Waals surface area (Å²) in [5.74, 6) is 0.338. The number of aromatic nitrogens is 2. The van der Waals surface area contributed by atoms with Crippen molar-refractivity contribution in [2.24, 2.45) is 0 Å². The number of carbonyl (C=O) groups is 2. The van der Waals surface area contributed by atoms with E-state index in [1.54, 1.807) is 12.1 Å². The normalized spacial score (nSPS) is 15.3. The molecule has 31 heavy (non-hydrogen) atoms. The fourth-order valence-corrected chi connectivity index (χ4v) is 4.11. The lowest BCUT2D eigenvalue weighted by Gasteiger charge is -2.35. The quantitative estimate of drug-likeness (QED) is 0.638. The Morgan fingerprint density at radius 3 is 2.42 bits per heavy atom. The van der Waals surface area contributed by atoms with E-state index >= 15 is 0 Å². The molecule has 9 heteroatoms. The van der Waals surface area contributed by atoms with E-state index in [9.17, 15) is 14.4 Å². The van der Waals surface area contributed by atoms with Gasteiger partial charge in [0.2, 0.25) is 5.91 Å². The van der Waals surface area contributed by atoms with E-state index in [-0.39, 0.29) is 23.9 Å². The van der Waals surface area contributed by atoms with Crippen molar-refractivity contribution < 1.29 is 23.8 Å². The second-order valence-electron chi connectivity index (χ2n) is 7.75. The maximum atomic E-state index is 12.8. The number of amides is 1. The van der Waals surface area contributed by atoms with Crippen molar-refractivity contribution in [1.29, 1.82) is 0 Å². The third-order valence-corrected chi connectivity index (χ3v) is 5.79. The van der Waals surface area contributed by atoms with Crippen LogP contribution in [0.5, 0.6) is 11.5 Å². The molecule has 0 aliphatic heterocycles. The standard InChI is InChI=1S/C22H29N3O6/c1-29-17-12-15-16(13-18(17)30-2)23-14-25(20(15)27)11-7-8-19(26)24-22(21(28)31-3)9-5-4-6-10-22/h12-14H,4-11H2,1-3H3,(H,24,26). The molecule has 1 fully saturated rings. The van der Waals surface area contributed by atoms with E-state index in [0.29, 0.717) is 48.2 Å². The minimum absolute atomic E-state index is 0.190. The number of rotatable bonds is 8. The highest BCUT2D eigenvalue weighted by molar-refractivity contribution is 5.88. The minimum atomic E-state index is -0.930. The molecule has 0 saturated heterocycles. The van der Waals surface area contributed by atoms with Crippen molar-refractivity contribution >= 4 is 22.8 Å². The molecule has 1 aromatic carbocycles. The predicted octanol–water partition coefficient (Wildman–Crippen LogP) is 2.19. The van der Waals surface area contributed by atoms with Crippen LogP contribution < -0.4 is 20.3 Å². The predicted molar refractivity (Wildman–Crippen MR) is 114 cm³/mol. The van der Waals surface area contributed by atoms with Crippen LogP contribution >= 0.6 is 0 Å². The maximum absolute atomic E-state index is 12.8. The first-order chi connectivity index (χ1) is 14.9. The molecule has 1 N–H and O–H groups in total. The summed E-state index contributed by atoms with van der Waals surface area (Å²) in [5.41, 5.74) is -0.639. The lowest BCUT2D eigenvalue weighted by molar-refractivity contribution is -0.152. The summed E-state index contributed by atoms with van der Waals surface area (Å²) in [6.45, 7) is 0.328. The molecule has 0 bridgehead atoms. The molecule has 168 valence electrons. The number of hydrogen-bond acceptors (Lipinski definition) is 7. The van der Waals surface area contributed by atoms with Gasteiger partial charge in [0, 0.05) is 19.0 Å². The zero-order chi connectivity index (χ0) is 22.4. The first-order valence-electron chi connectivity index (χ1n) is 10.4. The number of methoxy groups -OCH3 is 3. The Morgan fingerprint density at radius 1 is 1.10 bits per heavy atom. The molecule has 1 amide bonds. The average Bonchev–Trinajstić information content (AvgIpc) is 2.79. The van der Waals surface area contributed by atoms with E-state index in [1.807, 2.05) is 0 Å². The molecular formula is C22H29N3O6. The van der Waals surface area contributed by atoms with Crippen molar-refractivity contribution in [3.05, 3.63) is 28.8 Å². The van der Waals surface area contributed by atoms with Gasteiger partial charge in [-0.05, 0) is 25.3 Å². The Kier molecular flexibility index (Phi) is 7.14. The first kappa shape index (κ1) is 22.6. The van der Waals surface area contributed by atoms with Crippen LogP contribution in [0.15, 0.2) is 23.3 Å². The highest BCUT2D eigenvalue weighted by Crippen LogP contribution is 2.30. The van der Waals surface area contributed by atoms with Crippen LogP contribution in [0.3, 0.4) is 0 Å². The number of benzene rings is 1. The molecule has 0 atom stereocenters. The van der Waals surface area contributed by atoms with Crippen LogP contribution in [0.2, 0.25) is 0 Å².